The van der Waals surface area contributed by atoms with Gasteiger partial charge in [0.1, 0.15) is 11.2 Å². The number of nitrogens with zero attached hydrogens (tertiary/aromatic N) is 4. The molecular formula is C29H33N5O2. The third kappa shape index (κ3) is 4.08. The van der Waals surface area contributed by atoms with Crippen LogP contribution >= 0.6 is 0 Å². The number of rotatable bonds is 7. The fourth-order valence-corrected chi connectivity index (χ4v) is 5.10. The van der Waals surface area contributed by atoms with Gasteiger partial charge in [0.15, 0.2) is 0 Å². The lowest BCUT2D eigenvalue weighted by atomic mass is 9.93. The molecule has 1 atom stereocenters. The average molecular weight is 484 g/mol. The van der Waals surface area contributed by atoms with Gasteiger partial charge in [0.2, 0.25) is 5.91 Å². The molecule has 4 aromatic rings. The van der Waals surface area contributed by atoms with E-state index in [1.165, 1.54) is 0 Å². The largest absolute Gasteiger partial charge is 0.354 e. The van der Waals surface area contributed by atoms with E-state index < -0.39 is 5.54 Å². The molecule has 2 amide bonds. The Kier molecular flexibility index (Phi) is 6.16. The number of carbonyl (C=O) groups excluding carboxylic acids is 2. The molecule has 0 bridgehead atoms. The number of aromatic nitrogens is 3. The van der Waals surface area contributed by atoms with Crippen LogP contribution in [0, 0.1) is 12.8 Å². The lowest BCUT2D eigenvalue weighted by molar-refractivity contribution is -0.133. The quantitative estimate of drug-likeness (QED) is 0.414. The van der Waals surface area contributed by atoms with Crippen LogP contribution < -0.4 is 5.32 Å². The van der Waals surface area contributed by atoms with Crippen LogP contribution in [0.1, 0.15) is 48.8 Å². The van der Waals surface area contributed by atoms with Crippen molar-refractivity contribution < 1.29 is 9.59 Å². The molecule has 5 rings (SSSR count). The van der Waals surface area contributed by atoms with Crippen molar-refractivity contribution in [1.29, 1.82) is 0 Å². The van der Waals surface area contributed by atoms with Crippen molar-refractivity contribution in [1.82, 2.24) is 24.3 Å². The summed E-state index contributed by atoms with van der Waals surface area (Å²) >= 11 is 0. The van der Waals surface area contributed by atoms with E-state index >= 15 is 0 Å². The SMILES string of the molecule is Cc1ccc2c(c1)c(-n1cccc1)c1n2C[C@@](C)(C(=O)NCCC(C)C)N(Cc2cccnc2)C1=O. The molecule has 0 fully saturated rings. The zero-order chi connectivity index (χ0) is 25.4. The van der Waals surface area contributed by atoms with Gasteiger partial charge in [-0.25, -0.2) is 0 Å². The predicted octanol–water partition coefficient (Wildman–Crippen LogP) is 4.71. The molecule has 4 heterocycles. The van der Waals surface area contributed by atoms with Gasteiger partial charge in [0.05, 0.1) is 17.7 Å². The molecule has 0 saturated carbocycles. The average Bonchev–Trinajstić information content (AvgIpc) is 3.48. The molecule has 1 aromatic carbocycles. The number of amides is 2. The van der Waals surface area contributed by atoms with Gasteiger partial charge in [-0.1, -0.05) is 31.5 Å². The van der Waals surface area contributed by atoms with Crippen LogP contribution in [0.4, 0.5) is 0 Å². The smallest absolute Gasteiger partial charge is 0.273 e. The molecule has 3 aromatic heterocycles. The number of aryl methyl sites for hydroxylation is 1. The highest BCUT2D eigenvalue weighted by Gasteiger charge is 2.49. The normalized spacial score (nSPS) is 17.6. The number of pyridine rings is 1. The Morgan fingerprint density at radius 1 is 1.17 bits per heavy atom. The highest BCUT2D eigenvalue weighted by Crippen LogP contribution is 2.38. The van der Waals surface area contributed by atoms with E-state index in [-0.39, 0.29) is 11.8 Å². The lowest BCUT2D eigenvalue weighted by Gasteiger charge is -2.44. The minimum atomic E-state index is -1.07. The maximum Gasteiger partial charge on any atom is 0.273 e. The van der Waals surface area contributed by atoms with Crippen LogP contribution in [0.25, 0.3) is 16.6 Å². The van der Waals surface area contributed by atoms with E-state index in [1.807, 2.05) is 52.7 Å². The number of carbonyl (C=O) groups is 2. The third-order valence-corrected chi connectivity index (χ3v) is 7.12. The Bertz CT molecular complexity index is 1400. The monoisotopic (exact) mass is 483 g/mol. The highest BCUT2D eigenvalue weighted by atomic mass is 16.2. The molecule has 0 aliphatic carbocycles. The predicted molar refractivity (Wildman–Crippen MR) is 141 cm³/mol. The van der Waals surface area contributed by atoms with Gasteiger partial charge < -0.3 is 19.4 Å². The zero-order valence-electron chi connectivity index (χ0n) is 21.4. The minimum absolute atomic E-state index is 0.137. The first-order chi connectivity index (χ1) is 17.3. The van der Waals surface area contributed by atoms with Crippen LogP contribution in [0.15, 0.2) is 67.3 Å². The van der Waals surface area contributed by atoms with E-state index in [0.717, 1.165) is 34.1 Å². The van der Waals surface area contributed by atoms with Gasteiger partial charge in [0, 0.05) is 43.3 Å². The van der Waals surface area contributed by atoms with Gasteiger partial charge in [-0.3, -0.25) is 14.6 Å². The van der Waals surface area contributed by atoms with E-state index in [1.54, 1.807) is 17.3 Å². The summed E-state index contributed by atoms with van der Waals surface area (Å²) in [6.07, 6.45) is 8.27. The Balaban J connectivity index is 1.67. The fourth-order valence-electron chi connectivity index (χ4n) is 5.10. The number of fused-ring (bicyclic) bond motifs is 3. The summed E-state index contributed by atoms with van der Waals surface area (Å²) in [6.45, 7) is 9.44. The second kappa shape index (κ2) is 9.30. The zero-order valence-corrected chi connectivity index (χ0v) is 21.4. The summed E-state index contributed by atoms with van der Waals surface area (Å²) in [5.41, 5.74) is 3.34. The van der Waals surface area contributed by atoms with E-state index in [2.05, 4.69) is 49.3 Å². The molecule has 1 aliphatic heterocycles. The molecule has 7 nitrogen and oxygen atoms in total. The molecule has 0 unspecified atom stereocenters. The molecule has 186 valence electrons. The maximum atomic E-state index is 14.4. The second-order valence-electron chi connectivity index (χ2n) is 10.4. The lowest BCUT2D eigenvalue weighted by Crippen LogP contribution is -2.63. The van der Waals surface area contributed by atoms with Crippen molar-refractivity contribution in [2.45, 2.75) is 52.7 Å². The summed E-state index contributed by atoms with van der Waals surface area (Å²) in [5.74, 6) is 0.177. The maximum absolute atomic E-state index is 14.4. The summed E-state index contributed by atoms with van der Waals surface area (Å²) in [5, 5.41) is 4.12. The van der Waals surface area contributed by atoms with Crippen LogP contribution in [0.5, 0.6) is 0 Å². The topological polar surface area (TPSA) is 72.2 Å². The van der Waals surface area contributed by atoms with Gasteiger partial charge in [-0.2, -0.15) is 0 Å². The van der Waals surface area contributed by atoms with E-state index in [0.29, 0.717) is 31.2 Å². The van der Waals surface area contributed by atoms with Gasteiger partial charge in [-0.05, 0) is 62.1 Å². The van der Waals surface area contributed by atoms with Gasteiger partial charge >= 0.3 is 0 Å². The Hall–Kier alpha value is -3.87. The first-order valence-corrected chi connectivity index (χ1v) is 12.5. The van der Waals surface area contributed by atoms with E-state index in [9.17, 15) is 9.59 Å². The summed E-state index contributed by atoms with van der Waals surface area (Å²) in [4.78, 5) is 34.1. The molecule has 0 radical (unpaired) electrons. The van der Waals surface area contributed by atoms with Crippen molar-refractivity contribution >= 4 is 22.7 Å². The summed E-state index contributed by atoms with van der Waals surface area (Å²) < 4.78 is 4.04. The van der Waals surface area contributed by atoms with Crippen LogP contribution in [-0.4, -0.2) is 42.9 Å². The van der Waals surface area contributed by atoms with Gasteiger partial charge in [-0.15, -0.1) is 0 Å². The molecule has 0 saturated heterocycles. The summed E-state index contributed by atoms with van der Waals surface area (Å²) in [6, 6.07) is 13.9. The number of hydrogen-bond acceptors (Lipinski definition) is 3. The number of hydrogen-bond donors (Lipinski definition) is 1. The van der Waals surface area contributed by atoms with Crippen molar-refractivity contribution in [3.8, 4) is 5.69 Å². The molecule has 1 aliphatic rings. The Labute approximate surface area is 211 Å². The fraction of sp³-hybridized carbons (Fsp3) is 0.345. The number of nitrogens with one attached hydrogen (secondary N) is 1. The third-order valence-electron chi connectivity index (χ3n) is 7.12. The first kappa shape index (κ1) is 23.9. The standard InChI is InChI=1S/C29H33N5O2/c1-20(2)11-13-31-28(36)29(4)19-33-24-10-9-21(3)16-23(24)25(32-14-5-6-15-32)26(33)27(35)34(29)18-22-8-7-12-30-17-22/h5-10,12,14-17,20H,11,13,18-19H2,1-4H3,(H,31,36)/t29-/m0/s1. The van der Waals surface area contributed by atoms with Crippen molar-refractivity contribution in [3.05, 3.63) is 84.1 Å². The van der Waals surface area contributed by atoms with Crippen molar-refractivity contribution in [3.63, 3.8) is 0 Å². The second-order valence-corrected chi connectivity index (χ2v) is 10.4. The molecular weight excluding hydrogens is 450 g/mol. The highest BCUT2D eigenvalue weighted by molar-refractivity contribution is 6.09. The Morgan fingerprint density at radius 3 is 2.64 bits per heavy atom. The van der Waals surface area contributed by atoms with Gasteiger partial charge in [0.25, 0.3) is 5.91 Å². The van der Waals surface area contributed by atoms with Crippen LogP contribution in [0.3, 0.4) is 0 Å². The summed E-state index contributed by atoms with van der Waals surface area (Å²) in [7, 11) is 0. The molecule has 1 N–H and O–H groups in total. The number of benzene rings is 1. The molecule has 0 spiro atoms. The van der Waals surface area contributed by atoms with Crippen molar-refractivity contribution in [2.75, 3.05) is 6.54 Å². The minimum Gasteiger partial charge on any atom is -0.354 e. The van der Waals surface area contributed by atoms with Crippen LogP contribution in [-0.2, 0) is 17.9 Å². The first-order valence-electron chi connectivity index (χ1n) is 12.5. The molecule has 7 heteroatoms. The van der Waals surface area contributed by atoms with Crippen LogP contribution in [0.2, 0.25) is 0 Å². The molecule has 36 heavy (non-hydrogen) atoms. The van der Waals surface area contributed by atoms with Crippen molar-refractivity contribution in [2.24, 2.45) is 5.92 Å². The van der Waals surface area contributed by atoms with E-state index in [4.69, 9.17) is 0 Å². The Morgan fingerprint density at radius 2 is 1.94 bits per heavy atom.